The molecule has 1 heterocycles. The Balaban J connectivity index is 1.86. The van der Waals surface area contributed by atoms with Crippen LogP contribution in [-0.4, -0.2) is 31.2 Å². The van der Waals surface area contributed by atoms with Gasteiger partial charge in [-0.15, -0.1) is 0 Å². The van der Waals surface area contributed by atoms with E-state index in [9.17, 15) is 0 Å². The molecule has 1 atom stereocenters. The standard InChI is InChI=1S/C14H19NO/c1-2-6-13-12(4-1)5-3-7-14(13)15-8-10-16-11-9-15/h1-2,4,6,14H,3,5,7-11H2. The van der Waals surface area contributed by atoms with Crippen molar-refractivity contribution in [3.63, 3.8) is 0 Å². The molecule has 1 aliphatic heterocycles. The van der Waals surface area contributed by atoms with Gasteiger partial charge in [-0.25, -0.2) is 0 Å². The van der Waals surface area contributed by atoms with Crippen molar-refractivity contribution in [2.75, 3.05) is 26.3 Å². The van der Waals surface area contributed by atoms with Crippen molar-refractivity contribution in [1.82, 2.24) is 4.90 Å². The summed E-state index contributed by atoms with van der Waals surface area (Å²) in [5.41, 5.74) is 3.13. The zero-order valence-electron chi connectivity index (χ0n) is 9.69. The molecule has 1 saturated heterocycles. The first-order chi connectivity index (χ1) is 7.95. The molecule has 0 N–H and O–H groups in total. The molecule has 0 amide bonds. The van der Waals surface area contributed by atoms with E-state index in [1.807, 2.05) is 0 Å². The molecule has 1 fully saturated rings. The first-order valence-corrected chi connectivity index (χ1v) is 6.35. The van der Waals surface area contributed by atoms with Crippen LogP contribution in [0.5, 0.6) is 0 Å². The molecule has 1 aromatic carbocycles. The number of ether oxygens (including phenoxy) is 1. The minimum absolute atomic E-state index is 0.647. The molecule has 1 aromatic rings. The monoisotopic (exact) mass is 217 g/mol. The summed E-state index contributed by atoms with van der Waals surface area (Å²) >= 11 is 0. The third-order valence-electron chi connectivity index (χ3n) is 3.82. The lowest BCUT2D eigenvalue weighted by Gasteiger charge is -2.37. The quantitative estimate of drug-likeness (QED) is 0.716. The van der Waals surface area contributed by atoms with E-state index in [1.165, 1.54) is 19.3 Å². The summed E-state index contributed by atoms with van der Waals surface area (Å²) in [6.07, 6.45) is 3.91. The predicted molar refractivity (Wildman–Crippen MR) is 64.5 cm³/mol. The molecule has 2 aliphatic rings. The Kier molecular flexibility index (Phi) is 2.94. The number of hydrogen-bond acceptors (Lipinski definition) is 2. The Bertz CT molecular complexity index is 358. The normalized spacial score (nSPS) is 26.4. The minimum Gasteiger partial charge on any atom is -0.379 e. The van der Waals surface area contributed by atoms with Gasteiger partial charge in [-0.05, 0) is 30.4 Å². The summed E-state index contributed by atoms with van der Waals surface area (Å²) in [6, 6.07) is 9.60. The average Bonchev–Trinajstić information content (AvgIpc) is 2.39. The van der Waals surface area contributed by atoms with Crippen molar-refractivity contribution in [3.8, 4) is 0 Å². The highest BCUT2D eigenvalue weighted by Gasteiger charge is 2.26. The molecule has 0 saturated carbocycles. The largest absolute Gasteiger partial charge is 0.379 e. The van der Waals surface area contributed by atoms with Crippen molar-refractivity contribution in [2.24, 2.45) is 0 Å². The van der Waals surface area contributed by atoms with Crippen LogP contribution in [0.15, 0.2) is 24.3 Å². The lowest BCUT2D eigenvalue weighted by molar-refractivity contribution is 0.0124. The third-order valence-corrected chi connectivity index (χ3v) is 3.82. The number of hydrogen-bond donors (Lipinski definition) is 0. The summed E-state index contributed by atoms with van der Waals surface area (Å²) in [5.74, 6) is 0. The van der Waals surface area contributed by atoms with Crippen molar-refractivity contribution < 1.29 is 4.74 Å². The Hall–Kier alpha value is -0.860. The van der Waals surface area contributed by atoms with Crippen LogP contribution in [0.4, 0.5) is 0 Å². The van der Waals surface area contributed by atoms with E-state index in [-0.39, 0.29) is 0 Å². The molecule has 2 nitrogen and oxygen atoms in total. The van der Waals surface area contributed by atoms with Crippen LogP contribution in [0.3, 0.4) is 0 Å². The van der Waals surface area contributed by atoms with E-state index in [2.05, 4.69) is 29.2 Å². The lowest BCUT2D eigenvalue weighted by Crippen LogP contribution is -2.40. The molecule has 2 heteroatoms. The maximum absolute atomic E-state index is 5.44. The molecule has 0 aromatic heterocycles. The average molecular weight is 217 g/mol. The molecule has 0 spiro atoms. The first-order valence-electron chi connectivity index (χ1n) is 6.35. The van der Waals surface area contributed by atoms with E-state index in [1.54, 1.807) is 11.1 Å². The van der Waals surface area contributed by atoms with E-state index in [4.69, 9.17) is 4.74 Å². The molecule has 3 rings (SSSR count). The maximum Gasteiger partial charge on any atom is 0.0594 e. The molecule has 0 radical (unpaired) electrons. The number of nitrogens with zero attached hydrogens (tertiary/aromatic N) is 1. The SMILES string of the molecule is c1ccc2c(c1)CCCC2N1CCOCC1. The van der Waals surface area contributed by atoms with Crippen molar-refractivity contribution >= 4 is 0 Å². The first kappa shape index (κ1) is 10.3. The molecular formula is C14H19NO. The highest BCUT2D eigenvalue weighted by molar-refractivity contribution is 5.32. The highest BCUT2D eigenvalue weighted by atomic mass is 16.5. The second kappa shape index (κ2) is 4.56. The van der Waals surface area contributed by atoms with Crippen LogP contribution in [0.1, 0.15) is 30.0 Å². The van der Waals surface area contributed by atoms with Crippen LogP contribution < -0.4 is 0 Å². The van der Waals surface area contributed by atoms with Gasteiger partial charge in [0, 0.05) is 19.1 Å². The van der Waals surface area contributed by atoms with Crippen molar-refractivity contribution in [2.45, 2.75) is 25.3 Å². The zero-order chi connectivity index (χ0) is 10.8. The van der Waals surface area contributed by atoms with Crippen LogP contribution >= 0.6 is 0 Å². The van der Waals surface area contributed by atoms with Gasteiger partial charge in [0.2, 0.25) is 0 Å². The molecular weight excluding hydrogens is 198 g/mol. The van der Waals surface area contributed by atoms with Gasteiger partial charge in [0.05, 0.1) is 13.2 Å². The minimum atomic E-state index is 0.647. The van der Waals surface area contributed by atoms with E-state index in [0.717, 1.165) is 26.3 Å². The van der Waals surface area contributed by atoms with Gasteiger partial charge in [0.25, 0.3) is 0 Å². The maximum atomic E-state index is 5.44. The van der Waals surface area contributed by atoms with Gasteiger partial charge < -0.3 is 4.74 Å². The van der Waals surface area contributed by atoms with Crippen molar-refractivity contribution in [1.29, 1.82) is 0 Å². The van der Waals surface area contributed by atoms with Crippen LogP contribution in [0, 0.1) is 0 Å². The number of aryl methyl sites for hydroxylation is 1. The van der Waals surface area contributed by atoms with E-state index >= 15 is 0 Å². The number of fused-ring (bicyclic) bond motifs is 1. The predicted octanol–water partition coefficient (Wildman–Crippen LogP) is 2.40. The Morgan fingerprint density at radius 1 is 1.12 bits per heavy atom. The summed E-state index contributed by atoms with van der Waals surface area (Å²) < 4.78 is 5.44. The fourth-order valence-corrected chi connectivity index (χ4v) is 3.00. The van der Waals surface area contributed by atoms with Gasteiger partial charge >= 0.3 is 0 Å². The fraction of sp³-hybridized carbons (Fsp3) is 0.571. The molecule has 16 heavy (non-hydrogen) atoms. The van der Waals surface area contributed by atoms with Gasteiger partial charge in [-0.2, -0.15) is 0 Å². The fourth-order valence-electron chi connectivity index (χ4n) is 3.00. The number of rotatable bonds is 1. The van der Waals surface area contributed by atoms with Gasteiger partial charge in [0.1, 0.15) is 0 Å². The Morgan fingerprint density at radius 3 is 2.81 bits per heavy atom. The number of morpholine rings is 1. The second-order valence-electron chi connectivity index (χ2n) is 4.76. The lowest BCUT2D eigenvalue weighted by atomic mass is 9.86. The van der Waals surface area contributed by atoms with Crippen LogP contribution in [-0.2, 0) is 11.2 Å². The summed E-state index contributed by atoms with van der Waals surface area (Å²) in [4.78, 5) is 2.60. The summed E-state index contributed by atoms with van der Waals surface area (Å²) in [6.45, 7) is 4.00. The summed E-state index contributed by atoms with van der Waals surface area (Å²) in [7, 11) is 0. The van der Waals surface area contributed by atoms with Crippen LogP contribution in [0.2, 0.25) is 0 Å². The zero-order valence-corrected chi connectivity index (χ0v) is 9.69. The third kappa shape index (κ3) is 1.87. The number of benzene rings is 1. The van der Waals surface area contributed by atoms with E-state index < -0.39 is 0 Å². The molecule has 1 aliphatic carbocycles. The second-order valence-corrected chi connectivity index (χ2v) is 4.76. The van der Waals surface area contributed by atoms with Gasteiger partial charge in [0.15, 0.2) is 0 Å². The Morgan fingerprint density at radius 2 is 1.94 bits per heavy atom. The molecule has 1 unspecified atom stereocenters. The smallest absolute Gasteiger partial charge is 0.0594 e. The topological polar surface area (TPSA) is 12.5 Å². The van der Waals surface area contributed by atoms with Gasteiger partial charge in [-0.3, -0.25) is 4.90 Å². The van der Waals surface area contributed by atoms with Gasteiger partial charge in [-0.1, -0.05) is 24.3 Å². The molecule has 86 valence electrons. The molecule has 0 bridgehead atoms. The van der Waals surface area contributed by atoms with Crippen LogP contribution in [0.25, 0.3) is 0 Å². The Labute approximate surface area is 97.2 Å². The highest BCUT2D eigenvalue weighted by Crippen LogP contribution is 2.34. The van der Waals surface area contributed by atoms with E-state index in [0.29, 0.717) is 6.04 Å². The summed E-state index contributed by atoms with van der Waals surface area (Å²) in [5, 5.41) is 0. The van der Waals surface area contributed by atoms with Crippen molar-refractivity contribution in [3.05, 3.63) is 35.4 Å².